The molecule has 0 aliphatic carbocycles. The number of ether oxygens (including phenoxy) is 4. The van der Waals surface area contributed by atoms with Crippen molar-refractivity contribution in [3.63, 3.8) is 0 Å². The summed E-state index contributed by atoms with van der Waals surface area (Å²) < 4.78 is 21.1. The number of likely N-dealkylation sites (N-methyl/N-ethyl adjacent to an activating group) is 1. The number of methoxy groups -OCH3 is 3. The summed E-state index contributed by atoms with van der Waals surface area (Å²) >= 11 is 0. The Labute approximate surface area is 181 Å². The number of carbonyl (C=O) groups is 2. The second-order valence-corrected chi connectivity index (χ2v) is 6.62. The highest BCUT2D eigenvalue weighted by Crippen LogP contribution is 2.35. The monoisotopic (exact) mass is 423 g/mol. The van der Waals surface area contributed by atoms with Crippen molar-refractivity contribution in [1.29, 1.82) is 0 Å². The van der Waals surface area contributed by atoms with Crippen LogP contribution in [0.15, 0.2) is 54.6 Å². The van der Waals surface area contributed by atoms with Crippen LogP contribution in [0, 0.1) is 0 Å². The Balaban J connectivity index is 1.80. The van der Waals surface area contributed by atoms with Crippen LogP contribution < -0.4 is 19.1 Å². The van der Waals surface area contributed by atoms with Gasteiger partial charge in [0.2, 0.25) is 0 Å². The van der Waals surface area contributed by atoms with Gasteiger partial charge in [0.1, 0.15) is 11.3 Å². The molecule has 7 nitrogen and oxygen atoms in total. The van der Waals surface area contributed by atoms with Crippen molar-refractivity contribution in [3.8, 4) is 17.2 Å². The van der Waals surface area contributed by atoms with Crippen molar-refractivity contribution < 1.29 is 28.5 Å². The number of benzene rings is 3. The van der Waals surface area contributed by atoms with Gasteiger partial charge in [-0.2, -0.15) is 0 Å². The third-order valence-corrected chi connectivity index (χ3v) is 4.93. The van der Waals surface area contributed by atoms with E-state index in [-0.39, 0.29) is 17.2 Å². The highest BCUT2D eigenvalue weighted by molar-refractivity contribution is 6.05. The first kappa shape index (κ1) is 22.0. The van der Waals surface area contributed by atoms with Gasteiger partial charge in [0.25, 0.3) is 5.91 Å². The number of carbonyl (C=O) groups excluding carboxylic acids is 2. The molecule has 0 heterocycles. The van der Waals surface area contributed by atoms with Crippen LogP contribution in [0.3, 0.4) is 0 Å². The average molecular weight is 423 g/mol. The van der Waals surface area contributed by atoms with E-state index in [1.165, 1.54) is 33.5 Å². The van der Waals surface area contributed by atoms with Gasteiger partial charge in [0, 0.05) is 24.1 Å². The molecule has 0 N–H and O–H groups in total. The predicted molar refractivity (Wildman–Crippen MR) is 118 cm³/mol. The molecule has 0 fully saturated rings. The Kier molecular flexibility index (Phi) is 6.97. The first-order valence-electron chi connectivity index (χ1n) is 9.79. The number of esters is 1. The van der Waals surface area contributed by atoms with Crippen LogP contribution in [-0.2, 0) is 9.53 Å². The molecule has 0 atom stereocenters. The van der Waals surface area contributed by atoms with Crippen LogP contribution in [0.25, 0.3) is 10.8 Å². The number of hydrogen-bond acceptors (Lipinski definition) is 6. The number of anilines is 1. The third-order valence-electron chi connectivity index (χ3n) is 4.93. The van der Waals surface area contributed by atoms with Crippen LogP contribution in [0.2, 0.25) is 0 Å². The third kappa shape index (κ3) is 4.55. The summed E-state index contributed by atoms with van der Waals surface area (Å²) in [5, 5.41) is 1.98. The number of fused-ring (bicyclic) bond motifs is 1. The number of hydrogen-bond donors (Lipinski definition) is 0. The Morgan fingerprint density at radius 2 is 1.48 bits per heavy atom. The number of nitrogens with zero attached hydrogens (tertiary/aromatic N) is 1. The van der Waals surface area contributed by atoms with E-state index in [4.69, 9.17) is 18.9 Å². The van der Waals surface area contributed by atoms with E-state index in [1.54, 1.807) is 4.90 Å². The lowest BCUT2D eigenvalue weighted by Gasteiger charge is -2.22. The van der Waals surface area contributed by atoms with Gasteiger partial charge in [-0.15, -0.1) is 0 Å². The summed E-state index contributed by atoms with van der Waals surface area (Å²) in [4.78, 5) is 27.2. The van der Waals surface area contributed by atoms with Crippen molar-refractivity contribution in [2.24, 2.45) is 0 Å². The van der Waals surface area contributed by atoms with Gasteiger partial charge in [-0.3, -0.25) is 4.79 Å². The van der Waals surface area contributed by atoms with Gasteiger partial charge in [0.15, 0.2) is 18.1 Å². The summed E-state index contributed by atoms with van der Waals surface area (Å²) in [6.07, 6.45) is 0. The molecule has 3 aromatic carbocycles. The average Bonchev–Trinajstić information content (AvgIpc) is 2.82. The van der Waals surface area contributed by atoms with Crippen molar-refractivity contribution in [2.75, 3.05) is 39.4 Å². The standard InChI is InChI=1S/C24H25NO6/c1-5-25(19-12-8-10-16-9-6-7-11-17(16)19)23(26)15-31-24(27)18-13-21(29-3)22(30-4)14-20(18)28-2/h6-14H,5,15H2,1-4H3. The zero-order valence-corrected chi connectivity index (χ0v) is 18.0. The molecule has 1 amide bonds. The molecule has 3 rings (SSSR count). The summed E-state index contributed by atoms with van der Waals surface area (Å²) in [6.45, 7) is 1.90. The quantitative estimate of drug-likeness (QED) is 0.509. The lowest BCUT2D eigenvalue weighted by Crippen LogP contribution is -2.34. The van der Waals surface area contributed by atoms with E-state index in [1.807, 2.05) is 49.4 Å². The van der Waals surface area contributed by atoms with Gasteiger partial charge < -0.3 is 23.8 Å². The Morgan fingerprint density at radius 1 is 0.839 bits per heavy atom. The summed E-state index contributed by atoms with van der Waals surface area (Å²) in [5.74, 6) is 0.0101. The van der Waals surface area contributed by atoms with Crippen LogP contribution in [0.1, 0.15) is 17.3 Å². The first-order chi connectivity index (χ1) is 15.0. The fraction of sp³-hybridized carbons (Fsp3) is 0.250. The molecular formula is C24H25NO6. The summed E-state index contributed by atoms with van der Waals surface area (Å²) in [6, 6.07) is 16.6. The smallest absolute Gasteiger partial charge is 0.342 e. The number of amides is 1. The molecule has 0 unspecified atom stereocenters. The zero-order chi connectivity index (χ0) is 22.4. The molecular weight excluding hydrogens is 398 g/mol. The van der Waals surface area contributed by atoms with Gasteiger partial charge in [0.05, 0.1) is 27.0 Å². The number of rotatable bonds is 8. The van der Waals surface area contributed by atoms with Crippen molar-refractivity contribution in [2.45, 2.75) is 6.92 Å². The molecule has 0 aromatic heterocycles. The maximum Gasteiger partial charge on any atom is 0.342 e. The minimum absolute atomic E-state index is 0.140. The molecule has 0 bridgehead atoms. The molecule has 0 spiro atoms. The van der Waals surface area contributed by atoms with Gasteiger partial charge >= 0.3 is 5.97 Å². The Bertz CT molecular complexity index is 1090. The summed E-state index contributed by atoms with van der Waals surface area (Å²) in [5.41, 5.74) is 0.909. The molecule has 0 saturated carbocycles. The minimum Gasteiger partial charge on any atom is -0.496 e. The lowest BCUT2D eigenvalue weighted by molar-refractivity contribution is -0.121. The van der Waals surface area contributed by atoms with Crippen LogP contribution in [0.4, 0.5) is 5.69 Å². The largest absolute Gasteiger partial charge is 0.496 e. The first-order valence-corrected chi connectivity index (χ1v) is 9.79. The Morgan fingerprint density at radius 3 is 2.16 bits per heavy atom. The molecule has 0 saturated heterocycles. The normalized spacial score (nSPS) is 10.5. The molecule has 162 valence electrons. The molecule has 0 radical (unpaired) electrons. The van der Waals surface area contributed by atoms with Gasteiger partial charge in [-0.1, -0.05) is 36.4 Å². The van der Waals surface area contributed by atoms with E-state index < -0.39 is 12.6 Å². The highest BCUT2D eigenvalue weighted by atomic mass is 16.5. The second-order valence-electron chi connectivity index (χ2n) is 6.62. The van der Waals surface area contributed by atoms with Gasteiger partial charge in [-0.05, 0) is 18.4 Å². The molecule has 0 aliphatic rings. The fourth-order valence-electron chi connectivity index (χ4n) is 3.40. The van der Waals surface area contributed by atoms with Crippen molar-refractivity contribution >= 4 is 28.3 Å². The SMILES string of the molecule is CCN(C(=O)COC(=O)c1cc(OC)c(OC)cc1OC)c1cccc2ccccc12. The van der Waals surface area contributed by atoms with E-state index in [0.29, 0.717) is 18.0 Å². The minimum atomic E-state index is -0.694. The topological polar surface area (TPSA) is 74.3 Å². The van der Waals surface area contributed by atoms with E-state index >= 15 is 0 Å². The van der Waals surface area contributed by atoms with E-state index in [2.05, 4.69) is 0 Å². The second kappa shape index (κ2) is 9.84. The lowest BCUT2D eigenvalue weighted by atomic mass is 10.1. The molecule has 7 heteroatoms. The highest BCUT2D eigenvalue weighted by Gasteiger charge is 2.22. The maximum atomic E-state index is 12.9. The van der Waals surface area contributed by atoms with E-state index in [9.17, 15) is 9.59 Å². The maximum absolute atomic E-state index is 12.9. The van der Waals surface area contributed by atoms with Crippen LogP contribution >= 0.6 is 0 Å². The zero-order valence-electron chi connectivity index (χ0n) is 18.0. The van der Waals surface area contributed by atoms with Crippen LogP contribution in [-0.4, -0.2) is 46.4 Å². The summed E-state index contributed by atoms with van der Waals surface area (Å²) in [7, 11) is 4.38. The van der Waals surface area contributed by atoms with Crippen LogP contribution in [0.5, 0.6) is 17.2 Å². The Hall–Kier alpha value is -3.74. The molecule has 31 heavy (non-hydrogen) atoms. The molecule has 0 aliphatic heterocycles. The van der Waals surface area contributed by atoms with E-state index in [0.717, 1.165) is 16.5 Å². The van der Waals surface area contributed by atoms with Crippen molar-refractivity contribution in [1.82, 2.24) is 0 Å². The predicted octanol–water partition coefficient (Wildman–Crippen LogP) is 4.08. The fourth-order valence-corrected chi connectivity index (χ4v) is 3.40. The molecule has 3 aromatic rings. The van der Waals surface area contributed by atoms with Gasteiger partial charge in [-0.25, -0.2) is 4.79 Å². The van der Waals surface area contributed by atoms with Crippen molar-refractivity contribution in [3.05, 3.63) is 60.2 Å².